The number of hydrogen-bond acceptors (Lipinski definition) is 14. The van der Waals surface area contributed by atoms with Crippen molar-refractivity contribution in [3.63, 3.8) is 0 Å². The lowest BCUT2D eigenvalue weighted by atomic mass is 10.1. The Kier molecular flexibility index (Phi) is 10.5. The first-order valence-corrected chi connectivity index (χ1v) is 21.2. The molecule has 0 saturated carbocycles. The van der Waals surface area contributed by atoms with Crippen LogP contribution in [0.25, 0.3) is 22.3 Å². The first-order chi connectivity index (χ1) is 28.9. The quantitative estimate of drug-likeness (QED) is 0.131. The second kappa shape index (κ2) is 15.8. The van der Waals surface area contributed by atoms with Crippen LogP contribution in [0.4, 0.5) is 20.4 Å². The van der Waals surface area contributed by atoms with E-state index in [0.717, 1.165) is 34.4 Å². The summed E-state index contributed by atoms with van der Waals surface area (Å²) >= 11 is 0. The monoisotopic (exact) mass is 868 g/mol. The van der Waals surface area contributed by atoms with Crippen molar-refractivity contribution in [2.24, 2.45) is 0 Å². The molecule has 0 aliphatic carbocycles. The Balaban J connectivity index is 0.938. The van der Waals surface area contributed by atoms with Crippen molar-refractivity contribution in [2.75, 3.05) is 23.7 Å². The van der Waals surface area contributed by atoms with Crippen molar-refractivity contribution in [1.82, 2.24) is 49.2 Å². The number of hydrogen-bond donors (Lipinski definition) is 6. The maximum absolute atomic E-state index is 16.4. The Bertz CT molecular complexity index is 2500. The predicted molar refractivity (Wildman–Crippen MR) is 202 cm³/mol. The summed E-state index contributed by atoms with van der Waals surface area (Å²) in [5, 5.41) is 9.71. The molecule has 10 atom stereocenters. The summed E-state index contributed by atoms with van der Waals surface area (Å²) in [5.41, 5.74) is 0.791. The molecule has 4 aromatic heterocycles. The number of anilines is 2. The Morgan fingerprint density at radius 2 is 1.05 bits per heavy atom. The number of carbonyl (C=O) groups is 2. The number of ether oxygens (including phenoxy) is 2. The van der Waals surface area contributed by atoms with Crippen LogP contribution in [0.3, 0.4) is 0 Å². The van der Waals surface area contributed by atoms with Gasteiger partial charge in [-0.1, -0.05) is 36.4 Å². The zero-order chi connectivity index (χ0) is 41.8. The van der Waals surface area contributed by atoms with E-state index >= 15 is 8.78 Å². The fraction of sp³-hybridized carbons (Fsp3) is 0.294. The lowest BCUT2D eigenvalue weighted by Crippen LogP contribution is -2.43. The lowest BCUT2D eigenvalue weighted by Gasteiger charge is -2.28. The van der Waals surface area contributed by atoms with Crippen molar-refractivity contribution in [3.8, 4) is 0 Å². The molecule has 60 heavy (non-hydrogen) atoms. The van der Waals surface area contributed by atoms with Gasteiger partial charge in [0.25, 0.3) is 11.8 Å². The van der Waals surface area contributed by atoms with Gasteiger partial charge in [-0.15, -0.1) is 0 Å². The molecule has 3 aliphatic heterocycles. The molecule has 26 heteroatoms. The van der Waals surface area contributed by atoms with E-state index in [1.165, 1.54) is 0 Å². The minimum absolute atomic E-state index is 0.000553. The van der Waals surface area contributed by atoms with Crippen LogP contribution in [0.2, 0.25) is 0 Å². The van der Waals surface area contributed by atoms with E-state index in [4.69, 9.17) is 18.5 Å². The van der Waals surface area contributed by atoms with Gasteiger partial charge >= 0.3 is 15.5 Å². The molecule has 2 aromatic carbocycles. The fourth-order valence-electron chi connectivity index (χ4n) is 7.03. The minimum atomic E-state index is -4.98. The molecule has 3 fully saturated rings. The normalized spacial score (nSPS) is 30.9. The maximum atomic E-state index is 16.4. The van der Waals surface area contributed by atoms with Gasteiger partial charge in [0, 0.05) is 24.2 Å². The molecule has 0 spiro atoms. The SMILES string of the molecule is O=C(Nc1ncnc2c1ncn2[C@@H]1O[C@@H]2CNP(=O)(O)O[C@H]3[C@@H](F)[C@H](n4cnc5c(NC(=O)c6ccccc6)ncnc54)O[C@@H]3CNP(=O)(O)O[C@H]2[C@H]1F)c1ccccc1. The molecule has 6 N–H and O–H groups in total. The molecule has 312 valence electrons. The van der Waals surface area contributed by atoms with Crippen molar-refractivity contribution in [3.05, 3.63) is 97.1 Å². The summed E-state index contributed by atoms with van der Waals surface area (Å²) in [6.45, 7) is -1.40. The van der Waals surface area contributed by atoms with E-state index < -0.39 is 89.6 Å². The van der Waals surface area contributed by atoms with Gasteiger partial charge in [0.15, 0.2) is 58.8 Å². The zero-order valence-electron chi connectivity index (χ0n) is 30.5. The Hall–Kier alpha value is -5.52. The molecule has 6 aromatic rings. The minimum Gasteiger partial charge on any atom is -0.347 e. The van der Waals surface area contributed by atoms with Crippen molar-refractivity contribution < 1.29 is 55.8 Å². The highest BCUT2D eigenvalue weighted by atomic mass is 31.2. The van der Waals surface area contributed by atoms with Crippen LogP contribution >= 0.6 is 15.5 Å². The van der Waals surface area contributed by atoms with Gasteiger partial charge in [0.1, 0.15) is 37.1 Å². The summed E-state index contributed by atoms with van der Waals surface area (Å²) in [5.74, 6) is -1.00. The summed E-state index contributed by atoms with van der Waals surface area (Å²) in [4.78, 5) is 72.5. The van der Waals surface area contributed by atoms with Crippen LogP contribution in [-0.4, -0.2) is 110 Å². The van der Waals surface area contributed by atoms with Crippen molar-refractivity contribution in [2.45, 2.75) is 49.2 Å². The second-order valence-corrected chi connectivity index (χ2v) is 16.8. The third-order valence-corrected chi connectivity index (χ3v) is 12.1. The molecule has 22 nitrogen and oxygen atoms in total. The van der Waals surface area contributed by atoms with E-state index in [1.54, 1.807) is 60.7 Å². The molecular formula is C34H32F2N12O10P2. The van der Waals surface area contributed by atoms with E-state index in [0.29, 0.717) is 11.1 Å². The van der Waals surface area contributed by atoms with Crippen LogP contribution in [0.15, 0.2) is 86.0 Å². The van der Waals surface area contributed by atoms with Crippen LogP contribution in [0.5, 0.6) is 0 Å². The molecule has 7 heterocycles. The molecule has 2 unspecified atom stereocenters. The van der Waals surface area contributed by atoms with Crippen LogP contribution in [0, 0.1) is 0 Å². The van der Waals surface area contributed by atoms with Gasteiger partial charge in [0.2, 0.25) is 0 Å². The van der Waals surface area contributed by atoms with Gasteiger partial charge in [-0.3, -0.25) is 27.8 Å². The van der Waals surface area contributed by atoms with Gasteiger partial charge in [-0.25, -0.2) is 58.0 Å². The number of rotatable bonds is 6. The van der Waals surface area contributed by atoms with Crippen molar-refractivity contribution in [1.29, 1.82) is 0 Å². The summed E-state index contributed by atoms with van der Waals surface area (Å²) in [6.07, 6.45) is -9.91. The number of nitrogens with zero attached hydrogens (tertiary/aromatic N) is 8. The average molecular weight is 869 g/mol. The summed E-state index contributed by atoms with van der Waals surface area (Å²) in [7, 11) is -9.96. The van der Waals surface area contributed by atoms with Gasteiger partial charge < -0.3 is 29.9 Å². The second-order valence-electron chi connectivity index (χ2n) is 13.7. The fourth-order valence-corrected chi connectivity index (χ4v) is 9.16. The highest BCUT2D eigenvalue weighted by Crippen LogP contribution is 2.50. The van der Waals surface area contributed by atoms with Crippen LogP contribution < -0.4 is 20.8 Å². The van der Waals surface area contributed by atoms with E-state index in [2.05, 4.69) is 50.7 Å². The third-order valence-electron chi connectivity index (χ3n) is 9.85. The summed E-state index contributed by atoms with van der Waals surface area (Å²) < 4.78 is 84.7. The zero-order valence-corrected chi connectivity index (χ0v) is 32.3. The first kappa shape index (κ1) is 39.9. The molecule has 0 radical (unpaired) electrons. The van der Waals surface area contributed by atoms with Crippen LogP contribution in [-0.2, 0) is 27.7 Å². The highest BCUT2D eigenvalue weighted by molar-refractivity contribution is 7.50. The molecule has 3 aliphatic rings. The average Bonchev–Trinajstić information content (AvgIpc) is 4.01. The van der Waals surface area contributed by atoms with Crippen molar-refractivity contribution >= 4 is 61.3 Å². The smallest absolute Gasteiger partial charge is 0.347 e. The largest absolute Gasteiger partial charge is 0.403 e. The topological polar surface area (TPSA) is 281 Å². The number of nitrogens with one attached hydrogen (secondary N) is 4. The lowest BCUT2D eigenvalue weighted by molar-refractivity contribution is -0.0243. The first-order valence-electron chi connectivity index (χ1n) is 18.1. The predicted octanol–water partition coefficient (Wildman–Crippen LogP) is 2.81. The van der Waals surface area contributed by atoms with E-state index in [-0.39, 0.29) is 34.0 Å². The van der Waals surface area contributed by atoms with Crippen LogP contribution in [0.1, 0.15) is 33.2 Å². The molecular weight excluding hydrogens is 836 g/mol. The number of fused-ring (bicyclic) bond motifs is 4. The number of aromatic nitrogens is 8. The third kappa shape index (κ3) is 7.69. The number of imidazole rings is 2. The number of carbonyl (C=O) groups excluding carboxylic acids is 2. The Labute approximate surface area is 335 Å². The number of benzene rings is 2. The van der Waals surface area contributed by atoms with E-state index in [1.807, 2.05) is 0 Å². The highest BCUT2D eigenvalue weighted by Gasteiger charge is 2.54. The van der Waals surface area contributed by atoms with Gasteiger partial charge in [-0.05, 0) is 24.3 Å². The maximum Gasteiger partial charge on any atom is 0.403 e. The molecule has 2 amide bonds. The number of alkyl halides is 2. The van der Waals surface area contributed by atoms with E-state index in [9.17, 15) is 28.5 Å². The number of amides is 2. The number of halogens is 2. The summed E-state index contributed by atoms with van der Waals surface area (Å²) in [6, 6.07) is 16.5. The molecule has 3 saturated heterocycles. The molecule has 9 rings (SSSR count). The van der Waals surface area contributed by atoms with Gasteiger partial charge in [0.05, 0.1) is 12.7 Å². The van der Waals surface area contributed by atoms with Gasteiger partial charge in [-0.2, -0.15) is 0 Å². The molecule has 0 bridgehead atoms. The Morgan fingerprint density at radius 1 is 0.650 bits per heavy atom. The standard InChI is InChI=1S/C34H32F2N12O10P2/c35-21-25-19(55-33(21)47-15-41-23-27(37-13-39-29(23)47)45-31(49)17-7-3-1-4-8-17)11-43-60(53,54)58-26-20(12-44-59(51,52)57-25)56-34(22(26)36)48-16-42-24-28(38-14-40-30(24)48)46-32(50)18-9-5-2-6-10-18/h1-10,13-16,19-22,25-26,33-34H,11-12H2,(H2,43,53,54)(H2,44,51,52)(H,37,39,45,49)(H,38,40,46,50)/t19-,20-,21-,22-,25-,26-,33-,34-/m1/s1. The Morgan fingerprint density at radius 3 is 1.45 bits per heavy atom.